The lowest BCUT2D eigenvalue weighted by Crippen LogP contribution is -2.04. The van der Waals surface area contributed by atoms with Gasteiger partial charge in [-0.2, -0.15) is 0 Å². The zero-order chi connectivity index (χ0) is 14.5. The Hall–Kier alpha value is -1.72. The van der Waals surface area contributed by atoms with E-state index >= 15 is 0 Å². The minimum Gasteiger partial charge on any atom is -0.482 e. The van der Waals surface area contributed by atoms with Crippen molar-refractivity contribution in [1.29, 1.82) is 0 Å². The van der Waals surface area contributed by atoms with Crippen LogP contribution in [-0.4, -0.2) is 17.7 Å². The van der Waals surface area contributed by atoms with Crippen molar-refractivity contribution in [3.8, 4) is 5.75 Å². The Morgan fingerprint density at radius 2 is 2.05 bits per heavy atom. The van der Waals surface area contributed by atoms with Crippen LogP contribution in [0.25, 0.3) is 0 Å². The zero-order valence-electron chi connectivity index (χ0n) is 10.6. The van der Waals surface area contributed by atoms with Crippen LogP contribution in [0.15, 0.2) is 28.8 Å². The number of rotatable bonds is 5. The normalized spacial score (nSPS) is 10.3. The van der Waals surface area contributed by atoms with Crippen LogP contribution in [0.2, 0.25) is 10.0 Å². The molecule has 1 heterocycles. The molecule has 0 N–H and O–H groups in total. The van der Waals surface area contributed by atoms with Gasteiger partial charge in [0.1, 0.15) is 6.61 Å². The summed E-state index contributed by atoms with van der Waals surface area (Å²) in [5, 5.41) is 4.38. The minimum atomic E-state index is -0.543. The van der Waals surface area contributed by atoms with Gasteiger partial charge in [0.2, 0.25) is 0 Å². The topological polar surface area (TPSA) is 61.6 Å². The van der Waals surface area contributed by atoms with Gasteiger partial charge in [-0.25, -0.2) is 4.79 Å². The number of aromatic nitrogens is 1. The molecule has 0 spiro atoms. The number of benzene rings is 1. The quantitative estimate of drug-likeness (QED) is 0.786. The molecule has 0 atom stereocenters. The second-order valence-corrected chi connectivity index (χ2v) is 4.55. The molecular formula is C13H11Cl2NO4. The largest absolute Gasteiger partial charge is 0.482 e. The first-order valence-electron chi connectivity index (χ1n) is 5.81. The van der Waals surface area contributed by atoms with Crippen molar-refractivity contribution in [2.24, 2.45) is 0 Å². The number of hydrogen-bond acceptors (Lipinski definition) is 5. The summed E-state index contributed by atoms with van der Waals surface area (Å²) in [5.41, 5.74) is 0.0932. The lowest BCUT2D eigenvalue weighted by Gasteiger charge is -2.07. The molecule has 0 fully saturated rings. The summed E-state index contributed by atoms with van der Waals surface area (Å²) in [5.74, 6) is 0.173. The fraction of sp³-hybridized carbons (Fsp3) is 0.231. The van der Waals surface area contributed by atoms with Crippen molar-refractivity contribution in [1.82, 2.24) is 5.16 Å². The summed E-state index contributed by atoms with van der Waals surface area (Å²) < 4.78 is 15.2. The third-order valence-corrected chi connectivity index (χ3v) is 2.92. The van der Waals surface area contributed by atoms with Crippen LogP contribution in [-0.2, 0) is 11.3 Å². The second-order valence-electron chi connectivity index (χ2n) is 3.74. The van der Waals surface area contributed by atoms with Crippen LogP contribution in [0.4, 0.5) is 0 Å². The Bertz CT molecular complexity index is 592. The average molecular weight is 316 g/mol. The standard InChI is InChI=1S/C13H11Cl2NO4/c1-2-18-13(17)11-6-8(20-16-11)7-19-12-9(14)4-3-5-10(12)15/h3-6H,2,7H2,1H3. The van der Waals surface area contributed by atoms with Crippen molar-refractivity contribution in [3.05, 3.63) is 45.8 Å². The second kappa shape index (κ2) is 6.63. The highest BCUT2D eigenvalue weighted by molar-refractivity contribution is 6.37. The first-order valence-corrected chi connectivity index (χ1v) is 6.57. The van der Waals surface area contributed by atoms with Gasteiger partial charge in [0.05, 0.1) is 16.7 Å². The molecule has 20 heavy (non-hydrogen) atoms. The van der Waals surface area contributed by atoms with Gasteiger partial charge < -0.3 is 14.0 Å². The average Bonchev–Trinajstić information content (AvgIpc) is 2.87. The molecule has 2 rings (SSSR count). The predicted molar refractivity (Wildman–Crippen MR) is 73.3 cm³/mol. The molecule has 0 saturated carbocycles. The number of carbonyl (C=O) groups excluding carboxylic acids is 1. The molecule has 0 aliphatic carbocycles. The number of ether oxygens (including phenoxy) is 2. The van der Waals surface area contributed by atoms with E-state index in [2.05, 4.69) is 5.16 Å². The Labute approximate surface area is 125 Å². The Balaban J connectivity index is 2.03. The van der Waals surface area contributed by atoms with E-state index in [1.807, 2.05) is 0 Å². The maximum atomic E-state index is 11.4. The molecule has 2 aromatic rings. The van der Waals surface area contributed by atoms with Crippen LogP contribution in [0.3, 0.4) is 0 Å². The van der Waals surface area contributed by atoms with Gasteiger partial charge in [-0.1, -0.05) is 34.4 Å². The molecule has 1 aromatic carbocycles. The number of halogens is 2. The Morgan fingerprint density at radius 3 is 2.70 bits per heavy atom. The maximum absolute atomic E-state index is 11.4. The van der Waals surface area contributed by atoms with Gasteiger partial charge in [-0.3, -0.25) is 0 Å². The van der Waals surface area contributed by atoms with Crippen molar-refractivity contribution < 1.29 is 18.8 Å². The molecule has 0 unspecified atom stereocenters. The smallest absolute Gasteiger partial charge is 0.360 e. The zero-order valence-corrected chi connectivity index (χ0v) is 12.1. The number of esters is 1. The van der Waals surface area contributed by atoms with Crippen molar-refractivity contribution in [3.63, 3.8) is 0 Å². The summed E-state index contributed by atoms with van der Waals surface area (Å²) in [7, 11) is 0. The first kappa shape index (κ1) is 14.7. The van der Waals surface area contributed by atoms with E-state index in [4.69, 9.17) is 37.2 Å². The lowest BCUT2D eigenvalue weighted by molar-refractivity contribution is 0.0514. The molecule has 7 heteroatoms. The van der Waals surface area contributed by atoms with Gasteiger partial charge in [0.25, 0.3) is 0 Å². The monoisotopic (exact) mass is 315 g/mol. The van der Waals surface area contributed by atoms with Crippen molar-refractivity contribution >= 4 is 29.2 Å². The van der Waals surface area contributed by atoms with Gasteiger partial charge in [0.15, 0.2) is 17.2 Å². The first-order chi connectivity index (χ1) is 9.61. The lowest BCUT2D eigenvalue weighted by atomic mass is 10.3. The van der Waals surface area contributed by atoms with Gasteiger partial charge in [0, 0.05) is 6.07 Å². The van der Waals surface area contributed by atoms with E-state index < -0.39 is 5.97 Å². The molecule has 0 bridgehead atoms. The van der Waals surface area contributed by atoms with E-state index in [9.17, 15) is 4.79 Å². The van der Waals surface area contributed by atoms with Crippen molar-refractivity contribution in [2.75, 3.05) is 6.61 Å². The summed E-state index contributed by atoms with van der Waals surface area (Å²) in [6.07, 6.45) is 0. The maximum Gasteiger partial charge on any atom is 0.360 e. The Morgan fingerprint density at radius 1 is 1.35 bits per heavy atom. The van der Waals surface area contributed by atoms with E-state index in [0.717, 1.165) is 0 Å². The van der Waals surface area contributed by atoms with Gasteiger partial charge in [-0.05, 0) is 19.1 Å². The number of carbonyl (C=O) groups is 1. The van der Waals surface area contributed by atoms with E-state index in [0.29, 0.717) is 21.6 Å². The molecular weight excluding hydrogens is 305 g/mol. The molecule has 0 aliphatic rings. The van der Waals surface area contributed by atoms with E-state index in [-0.39, 0.29) is 18.9 Å². The van der Waals surface area contributed by atoms with E-state index in [1.54, 1.807) is 25.1 Å². The summed E-state index contributed by atoms with van der Waals surface area (Å²) in [4.78, 5) is 11.4. The third-order valence-electron chi connectivity index (χ3n) is 2.32. The highest BCUT2D eigenvalue weighted by Gasteiger charge is 2.14. The van der Waals surface area contributed by atoms with E-state index in [1.165, 1.54) is 6.07 Å². The highest BCUT2D eigenvalue weighted by atomic mass is 35.5. The van der Waals surface area contributed by atoms with Crippen molar-refractivity contribution in [2.45, 2.75) is 13.5 Å². The predicted octanol–water partition coefficient (Wildman–Crippen LogP) is 3.74. The summed E-state index contributed by atoms with van der Waals surface area (Å²) in [6.45, 7) is 2.03. The van der Waals surface area contributed by atoms with Crippen LogP contribution in [0.5, 0.6) is 5.75 Å². The van der Waals surface area contributed by atoms with Crippen LogP contribution < -0.4 is 4.74 Å². The number of nitrogens with zero attached hydrogens (tertiary/aromatic N) is 1. The molecule has 0 aliphatic heterocycles. The fourth-order valence-corrected chi connectivity index (χ4v) is 1.95. The van der Waals surface area contributed by atoms with Gasteiger partial charge >= 0.3 is 5.97 Å². The molecule has 1 aromatic heterocycles. The van der Waals surface area contributed by atoms with Gasteiger partial charge in [-0.15, -0.1) is 0 Å². The number of para-hydroxylation sites is 1. The molecule has 5 nitrogen and oxygen atoms in total. The third kappa shape index (κ3) is 3.43. The summed E-state index contributed by atoms with van der Waals surface area (Å²) in [6, 6.07) is 6.48. The summed E-state index contributed by atoms with van der Waals surface area (Å²) >= 11 is 11.9. The number of hydrogen-bond donors (Lipinski definition) is 0. The molecule has 0 radical (unpaired) electrons. The fourth-order valence-electron chi connectivity index (χ4n) is 1.45. The highest BCUT2D eigenvalue weighted by Crippen LogP contribution is 2.32. The molecule has 0 amide bonds. The van der Waals surface area contributed by atoms with Crippen LogP contribution >= 0.6 is 23.2 Å². The minimum absolute atomic E-state index is 0.0514. The van der Waals surface area contributed by atoms with Crippen LogP contribution in [0.1, 0.15) is 23.2 Å². The SMILES string of the molecule is CCOC(=O)c1cc(COc2c(Cl)cccc2Cl)on1. The van der Waals surface area contributed by atoms with Crippen LogP contribution in [0, 0.1) is 0 Å². The Kier molecular flexibility index (Phi) is 4.87. The molecule has 0 saturated heterocycles. The molecule has 106 valence electrons.